The van der Waals surface area contributed by atoms with Crippen LogP contribution in [0.5, 0.6) is 0 Å². The molecule has 2 N–H and O–H groups in total. The third-order valence-electron chi connectivity index (χ3n) is 2.97. The van der Waals surface area contributed by atoms with E-state index in [-0.39, 0.29) is 18.9 Å². The molecule has 0 fully saturated rings. The Morgan fingerprint density at radius 1 is 1.22 bits per heavy atom. The Balaban J connectivity index is 2.70. The van der Waals surface area contributed by atoms with Gasteiger partial charge in [-0.3, -0.25) is 9.59 Å². The molecule has 0 spiro atoms. The minimum absolute atomic E-state index is 0.0598. The summed E-state index contributed by atoms with van der Waals surface area (Å²) >= 11 is 0. The number of hydrogen-bond acceptors (Lipinski definition) is 2. The maximum Gasteiger partial charge on any atom is 0.305 e. The van der Waals surface area contributed by atoms with Crippen LogP contribution in [-0.2, 0) is 15.0 Å². The van der Waals surface area contributed by atoms with E-state index in [1.807, 2.05) is 45.0 Å². The van der Waals surface area contributed by atoms with Gasteiger partial charge in [0.1, 0.15) is 0 Å². The molecule has 0 bridgehead atoms. The standard InChI is InChI=1S/C14H19NO3/c1-10-4-6-11(7-5-10)14(2,3)13(18)15-9-8-12(16)17/h4-7H,8-9H2,1-3H3,(H,15,18)(H,16,17). The van der Waals surface area contributed by atoms with Crippen molar-refractivity contribution >= 4 is 11.9 Å². The second kappa shape index (κ2) is 5.67. The number of amides is 1. The Morgan fingerprint density at radius 3 is 2.28 bits per heavy atom. The van der Waals surface area contributed by atoms with Crippen LogP contribution in [0.3, 0.4) is 0 Å². The molecule has 0 aromatic heterocycles. The van der Waals surface area contributed by atoms with Crippen LogP contribution in [0.25, 0.3) is 0 Å². The number of carboxylic acids is 1. The highest BCUT2D eigenvalue weighted by molar-refractivity contribution is 5.87. The lowest BCUT2D eigenvalue weighted by molar-refractivity contribution is -0.137. The number of carboxylic acid groups (broad SMARTS) is 1. The number of rotatable bonds is 5. The van der Waals surface area contributed by atoms with Gasteiger partial charge in [-0.2, -0.15) is 0 Å². The molecule has 4 nitrogen and oxygen atoms in total. The number of aliphatic carboxylic acids is 1. The van der Waals surface area contributed by atoms with Gasteiger partial charge in [-0.05, 0) is 26.3 Å². The first-order chi connectivity index (χ1) is 8.34. The van der Waals surface area contributed by atoms with Gasteiger partial charge in [0.15, 0.2) is 0 Å². The van der Waals surface area contributed by atoms with E-state index in [0.29, 0.717) is 0 Å². The summed E-state index contributed by atoms with van der Waals surface area (Å²) in [4.78, 5) is 22.4. The third-order valence-corrected chi connectivity index (χ3v) is 2.97. The van der Waals surface area contributed by atoms with Crippen molar-refractivity contribution in [2.45, 2.75) is 32.6 Å². The Hall–Kier alpha value is -1.84. The van der Waals surface area contributed by atoms with Crippen LogP contribution >= 0.6 is 0 Å². The van der Waals surface area contributed by atoms with Gasteiger partial charge in [0.05, 0.1) is 11.8 Å². The molecule has 0 unspecified atom stereocenters. The largest absolute Gasteiger partial charge is 0.481 e. The third kappa shape index (κ3) is 3.58. The van der Waals surface area contributed by atoms with E-state index in [9.17, 15) is 9.59 Å². The number of aryl methyl sites for hydroxylation is 1. The fourth-order valence-corrected chi connectivity index (χ4v) is 1.61. The summed E-state index contributed by atoms with van der Waals surface area (Å²) in [6.07, 6.45) is -0.0598. The predicted molar refractivity (Wildman–Crippen MR) is 69.5 cm³/mol. The Bertz CT molecular complexity index is 435. The summed E-state index contributed by atoms with van der Waals surface area (Å²) < 4.78 is 0. The van der Waals surface area contributed by atoms with Crippen LogP contribution in [-0.4, -0.2) is 23.5 Å². The summed E-state index contributed by atoms with van der Waals surface area (Å²) in [5.41, 5.74) is 1.40. The first kappa shape index (κ1) is 14.2. The zero-order valence-electron chi connectivity index (χ0n) is 11.0. The molecule has 1 aromatic carbocycles. The van der Waals surface area contributed by atoms with Crippen LogP contribution < -0.4 is 5.32 Å². The van der Waals surface area contributed by atoms with Gasteiger partial charge in [-0.25, -0.2) is 0 Å². The summed E-state index contributed by atoms with van der Waals surface area (Å²) in [5, 5.41) is 11.2. The average Bonchev–Trinajstić information content (AvgIpc) is 2.28. The molecule has 0 radical (unpaired) electrons. The smallest absolute Gasteiger partial charge is 0.305 e. The SMILES string of the molecule is Cc1ccc(C(C)(C)C(=O)NCCC(=O)O)cc1. The highest BCUT2D eigenvalue weighted by atomic mass is 16.4. The van der Waals surface area contributed by atoms with Crippen molar-refractivity contribution in [1.82, 2.24) is 5.32 Å². The molecule has 0 aliphatic rings. The quantitative estimate of drug-likeness (QED) is 0.837. The lowest BCUT2D eigenvalue weighted by atomic mass is 9.83. The fraction of sp³-hybridized carbons (Fsp3) is 0.429. The molecule has 98 valence electrons. The van der Waals surface area contributed by atoms with Crippen LogP contribution in [0.15, 0.2) is 24.3 Å². The lowest BCUT2D eigenvalue weighted by Gasteiger charge is -2.24. The van der Waals surface area contributed by atoms with Crippen molar-refractivity contribution in [2.24, 2.45) is 0 Å². The first-order valence-electron chi connectivity index (χ1n) is 5.91. The molecule has 0 saturated heterocycles. The highest BCUT2D eigenvalue weighted by Gasteiger charge is 2.29. The monoisotopic (exact) mass is 249 g/mol. The van der Waals surface area contributed by atoms with Crippen LogP contribution in [0.4, 0.5) is 0 Å². The molecule has 0 atom stereocenters. The van der Waals surface area contributed by atoms with Gasteiger partial charge in [-0.1, -0.05) is 29.8 Å². The molecule has 0 heterocycles. The van der Waals surface area contributed by atoms with Gasteiger partial charge in [-0.15, -0.1) is 0 Å². The van der Waals surface area contributed by atoms with Crippen molar-refractivity contribution in [3.8, 4) is 0 Å². The number of benzene rings is 1. The Morgan fingerprint density at radius 2 is 1.78 bits per heavy atom. The average molecular weight is 249 g/mol. The van der Waals surface area contributed by atoms with Gasteiger partial charge < -0.3 is 10.4 Å². The van der Waals surface area contributed by atoms with E-state index in [0.717, 1.165) is 11.1 Å². The number of carbonyl (C=O) groups excluding carboxylic acids is 1. The van der Waals surface area contributed by atoms with E-state index >= 15 is 0 Å². The van der Waals surface area contributed by atoms with Crippen LogP contribution in [0.2, 0.25) is 0 Å². The minimum Gasteiger partial charge on any atom is -0.481 e. The first-order valence-corrected chi connectivity index (χ1v) is 5.91. The van der Waals surface area contributed by atoms with Crippen molar-refractivity contribution in [1.29, 1.82) is 0 Å². The van der Waals surface area contributed by atoms with Crippen molar-refractivity contribution in [2.75, 3.05) is 6.54 Å². The molecule has 4 heteroatoms. The van der Waals surface area contributed by atoms with E-state index < -0.39 is 11.4 Å². The number of nitrogens with one attached hydrogen (secondary N) is 1. The minimum atomic E-state index is -0.913. The number of hydrogen-bond donors (Lipinski definition) is 2. The molecular weight excluding hydrogens is 230 g/mol. The fourth-order valence-electron chi connectivity index (χ4n) is 1.61. The second-order valence-electron chi connectivity index (χ2n) is 4.89. The maximum atomic E-state index is 12.0. The van der Waals surface area contributed by atoms with Crippen LogP contribution in [0, 0.1) is 6.92 Å². The zero-order chi connectivity index (χ0) is 13.8. The molecular formula is C14H19NO3. The lowest BCUT2D eigenvalue weighted by Crippen LogP contribution is -2.40. The van der Waals surface area contributed by atoms with Crippen molar-refractivity contribution in [3.63, 3.8) is 0 Å². The van der Waals surface area contributed by atoms with Crippen LogP contribution in [0.1, 0.15) is 31.4 Å². The topological polar surface area (TPSA) is 66.4 Å². The molecule has 1 rings (SSSR count). The Labute approximate surface area is 107 Å². The maximum absolute atomic E-state index is 12.0. The van der Waals surface area contributed by atoms with Gasteiger partial charge in [0.25, 0.3) is 0 Å². The highest BCUT2D eigenvalue weighted by Crippen LogP contribution is 2.23. The molecule has 1 amide bonds. The molecule has 0 aliphatic heterocycles. The van der Waals surface area contributed by atoms with Gasteiger partial charge >= 0.3 is 5.97 Å². The summed E-state index contributed by atoms with van der Waals surface area (Å²) in [5.74, 6) is -1.07. The summed E-state index contributed by atoms with van der Waals surface area (Å²) in [7, 11) is 0. The number of carbonyl (C=O) groups is 2. The molecule has 0 saturated carbocycles. The summed E-state index contributed by atoms with van der Waals surface area (Å²) in [6, 6.07) is 7.77. The van der Waals surface area contributed by atoms with E-state index in [4.69, 9.17) is 5.11 Å². The van der Waals surface area contributed by atoms with E-state index in [1.165, 1.54) is 0 Å². The molecule has 0 aliphatic carbocycles. The van der Waals surface area contributed by atoms with Gasteiger partial charge in [0.2, 0.25) is 5.91 Å². The van der Waals surface area contributed by atoms with Gasteiger partial charge in [0, 0.05) is 6.54 Å². The Kier molecular flexibility index (Phi) is 4.48. The zero-order valence-corrected chi connectivity index (χ0v) is 11.0. The second-order valence-corrected chi connectivity index (χ2v) is 4.89. The molecule has 18 heavy (non-hydrogen) atoms. The normalized spacial score (nSPS) is 11.1. The van der Waals surface area contributed by atoms with E-state index in [2.05, 4.69) is 5.32 Å². The van der Waals surface area contributed by atoms with E-state index in [1.54, 1.807) is 0 Å². The summed E-state index contributed by atoms with van der Waals surface area (Å²) in [6.45, 7) is 5.80. The van der Waals surface area contributed by atoms with Crippen molar-refractivity contribution in [3.05, 3.63) is 35.4 Å². The molecule has 1 aromatic rings. The predicted octanol–water partition coefficient (Wildman–Crippen LogP) is 1.86. The van der Waals surface area contributed by atoms with Crippen molar-refractivity contribution < 1.29 is 14.7 Å².